The molecule has 0 aliphatic rings. The molecule has 0 unspecified atom stereocenters. The fourth-order valence-electron chi connectivity index (χ4n) is 2.26. The molecule has 0 saturated heterocycles. The largest absolute Gasteiger partial charge is 0.465 e. The summed E-state index contributed by atoms with van der Waals surface area (Å²) in [4.78, 5) is 35.7. The topological polar surface area (TPSA) is 138 Å². The van der Waals surface area contributed by atoms with Crippen LogP contribution in [0.1, 0.15) is 36.1 Å². The van der Waals surface area contributed by atoms with Crippen LogP contribution in [0.25, 0.3) is 0 Å². The van der Waals surface area contributed by atoms with Crippen LogP contribution in [0.4, 0.5) is 10.7 Å². The summed E-state index contributed by atoms with van der Waals surface area (Å²) in [7, 11) is 4.09. The van der Waals surface area contributed by atoms with E-state index in [-0.39, 0.29) is 21.2 Å². The standard InChI is InChI=1S/C15H17N5O5S2/c1-6-8(13(22)24-3)12(27-10(6)14(23)25-4)18-15(26)17-7-5-20(2)19-9(7)11(16)21/h5H,1-4H3,(H2,16,21)(H2,17,18,26). The van der Waals surface area contributed by atoms with E-state index in [9.17, 15) is 14.4 Å². The van der Waals surface area contributed by atoms with E-state index in [4.69, 9.17) is 27.4 Å². The molecule has 0 aromatic carbocycles. The van der Waals surface area contributed by atoms with Crippen molar-refractivity contribution in [1.82, 2.24) is 9.78 Å². The summed E-state index contributed by atoms with van der Waals surface area (Å²) in [6.07, 6.45) is 1.52. The Morgan fingerprint density at radius 2 is 1.85 bits per heavy atom. The number of aryl methyl sites for hydroxylation is 1. The predicted molar refractivity (Wildman–Crippen MR) is 103 cm³/mol. The van der Waals surface area contributed by atoms with Gasteiger partial charge in [-0.2, -0.15) is 5.10 Å². The Balaban J connectivity index is 2.33. The summed E-state index contributed by atoms with van der Waals surface area (Å²) < 4.78 is 10.9. The van der Waals surface area contributed by atoms with Crippen molar-refractivity contribution in [2.75, 3.05) is 24.9 Å². The van der Waals surface area contributed by atoms with Crippen LogP contribution in [0.2, 0.25) is 0 Å². The highest BCUT2D eigenvalue weighted by Gasteiger charge is 2.26. The Kier molecular flexibility index (Phi) is 6.13. The lowest BCUT2D eigenvalue weighted by Crippen LogP contribution is -2.22. The van der Waals surface area contributed by atoms with Gasteiger partial charge in [-0.15, -0.1) is 11.3 Å². The van der Waals surface area contributed by atoms with Crippen LogP contribution in [-0.4, -0.2) is 47.0 Å². The second-order valence-electron chi connectivity index (χ2n) is 5.25. The number of esters is 2. The Morgan fingerprint density at radius 1 is 1.22 bits per heavy atom. The smallest absolute Gasteiger partial charge is 0.348 e. The molecular formula is C15H17N5O5S2. The lowest BCUT2D eigenvalue weighted by Gasteiger charge is -2.10. The van der Waals surface area contributed by atoms with E-state index < -0.39 is 17.8 Å². The van der Waals surface area contributed by atoms with Gasteiger partial charge in [0.2, 0.25) is 0 Å². The molecule has 2 aromatic rings. The fourth-order valence-corrected chi connectivity index (χ4v) is 3.65. The summed E-state index contributed by atoms with van der Waals surface area (Å²) in [5, 5.41) is 9.92. The van der Waals surface area contributed by atoms with Crippen LogP contribution in [0.3, 0.4) is 0 Å². The zero-order valence-corrected chi connectivity index (χ0v) is 16.5. The van der Waals surface area contributed by atoms with E-state index in [2.05, 4.69) is 15.7 Å². The minimum atomic E-state index is -0.726. The molecule has 0 saturated carbocycles. The van der Waals surface area contributed by atoms with Crippen LogP contribution >= 0.6 is 23.6 Å². The maximum absolute atomic E-state index is 12.1. The first kappa shape index (κ1) is 20.3. The molecule has 27 heavy (non-hydrogen) atoms. The molecule has 1 amide bonds. The minimum Gasteiger partial charge on any atom is -0.465 e. The van der Waals surface area contributed by atoms with Crippen LogP contribution < -0.4 is 16.4 Å². The average molecular weight is 411 g/mol. The van der Waals surface area contributed by atoms with Crippen molar-refractivity contribution in [2.24, 2.45) is 12.8 Å². The van der Waals surface area contributed by atoms with Gasteiger partial charge in [-0.3, -0.25) is 9.48 Å². The number of carbonyl (C=O) groups excluding carboxylic acids is 3. The molecule has 0 fully saturated rings. The molecule has 144 valence electrons. The number of hydrogen-bond acceptors (Lipinski definition) is 8. The highest BCUT2D eigenvalue weighted by molar-refractivity contribution is 7.80. The number of aromatic nitrogens is 2. The number of nitrogens with one attached hydrogen (secondary N) is 2. The van der Waals surface area contributed by atoms with Crippen molar-refractivity contribution in [2.45, 2.75) is 6.92 Å². The molecular weight excluding hydrogens is 394 g/mol. The molecule has 10 nitrogen and oxygen atoms in total. The van der Waals surface area contributed by atoms with Gasteiger partial charge in [0.15, 0.2) is 10.8 Å². The molecule has 12 heteroatoms. The Bertz CT molecular complexity index is 933. The van der Waals surface area contributed by atoms with Crippen LogP contribution in [0, 0.1) is 6.92 Å². The first-order chi connectivity index (χ1) is 12.7. The number of carbonyl (C=O) groups is 3. The van der Waals surface area contributed by atoms with Gasteiger partial charge in [0.1, 0.15) is 9.88 Å². The minimum absolute atomic E-state index is 0.00690. The van der Waals surface area contributed by atoms with E-state index in [1.165, 1.54) is 25.1 Å². The molecule has 2 heterocycles. The lowest BCUT2D eigenvalue weighted by molar-refractivity contribution is 0.0601. The number of nitrogens with two attached hydrogens (primary N) is 1. The van der Waals surface area contributed by atoms with Crippen LogP contribution in [0.5, 0.6) is 0 Å². The molecule has 0 spiro atoms. The van der Waals surface area contributed by atoms with Crippen LogP contribution in [0.15, 0.2) is 6.20 Å². The lowest BCUT2D eigenvalue weighted by atomic mass is 10.1. The third kappa shape index (κ3) is 4.23. The van der Waals surface area contributed by atoms with E-state index >= 15 is 0 Å². The van der Waals surface area contributed by atoms with Crippen molar-refractivity contribution in [3.8, 4) is 0 Å². The molecule has 2 aromatic heterocycles. The fraction of sp³-hybridized carbons (Fsp3) is 0.267. The number of rotatable bonds is 5. The average Bonchev–Trinajstić information content (AvgIpc) is 3.13. The van der Waals surface area contributed by atoms with Crippen molar-refractivity contribution < 1.29 is 23.9 Å². The summed E-state index contributed by atoms with van der Waals surface area (Å²) in [5.41, 5.74) is 6.15. The number of hydrogen-bond donors (Lipinski definition) is 3. The predicted octanol–water partition coefficient (Wildman–Crippen LogP) is 1.27. The monoisotopic (exact) mass is 411 g/mol. The van der Waals surface area contributed by atoms with Crippen molar-refractivity contribution in [3.05, 3.63) is 27.9 Å². The highest BCUT2D eigenvalue weighted by Crippen LogP contribution is 2.34. The summed E-state index contributed by atoms with van der Waals surface area (Å²) in [6.45, 7) is 1.60. The first-order valence-corrected chi connectivity index (χ1v) is 8.63. The molecule has 0 atom stereocenters. The third-order valence-corrected chi connectivity index (χ3v) is 4.84. The van der Waals surface area contributed by atoms with Gasteiger partial charge >= 0.3 is 11.9 Å². The molecule has 0 bridgehead atoms. The molecule has 0 aliphatic carbocycles. The zero-order chi connectivity index (χ0) is 20.3. The maximum Gasteiger partial charge on any atom is 0.348 e. The number of ether oxygens (including phenoxy) is 2. The van der Waals surface area contributed by atoms with Gasteiger partial charge in [-0.05, 0) is 24.7 Å². The quantitative estimate of drug-likeness (QED) is 0.490. The molecule has 0 radical (unpaired) electrons. The van der Waals surface area contributed by atoms with Crippen molar-refractivity contribution in [1.29, 1.82) is 0 Å². The molecule has 2 rings (SSSR count). The van der Waals surface area contributed by atoms with Gasteiger partial charge < -0.3 is 25.8 Å². The Morgan fingerprint density at radius 3 is 2.41 bits per heavy atom. The van der Waals surface area contributed by atoms with Gasteiger partial charge in [0.25, 0.3) is 5.91 Å². The SMILES string of the molecule is COC(=O)c1sc(NC(=S)Nc2cn(C)nc2C(N)=O)c(C(=O)OC)c1C. The normalized spacial score (nSPS) is 10.2. The number of anilines is 2. The Hall–Kier alpha value is -2.99. The van der Waals surface area contributed by atoms with E-state index in [1.807, 2.05) is 0 Å². The number of methoxy groups -OCH3 is 2. The summed E-state index contributed by atoms with van der Waals surface area (Å²) in [6, 6.07) is 0. The summed E-state index contributed by atoms with van der Waals surface area (Å²) >= 11 is 6.22. The highest BCUT2D eigenvalue weighted by atomic mass is 32.1. The number of amides is 1. The van der Waals surface area contributed by atoms with Crippen molar-refractivity contribution in [3.63, 3.8) is 0 Å². The number of thiophene rings is 1. The number of primary amides is 1. The second-order valence-corrected chi connectivity index (χ2v) is 6.68. The second kappa shape index (κ2) is 8.14. The van der Waals surface area contributed by atoms with Gasteiger partial charge in [-0.1, -0.05) is 0 Å². The number of nitrogens with zero attached hydrogens (tertiary/aromatic N) is 2. The number of thiocarbonyl (C=S) groups is 1. The van der Waals surface area contributed by atoms with Crippen LogP contribution in [-0.2, 0) is 16.5 Å². The first-order valence-electron chi connectivity index (χ1n) is 7.41. The third-order valence-electron chi connectivity index (χ3n) is 3.44. The van der Waals surface area contributed by atoms with E-state index in [0.717, 1.165) is 11.3 Å². The van der Waals surface area contributed by atoms with E-state index in [1.54, 1.807) is 14.0 Å². The van der Waals surface area contributed by atoms with Crippen molar-refractivity contribution >= 4 is 57.2 Å². The Labute approximate surface area is 163 Å². The van der Waals surface area contributed by atoms with Gasteiger partial charge in [0, 0.05) is 13.2 Å². The maximum atomic E-state index is 12.1. The summed E-state index contributed by atoms with van der Waals surface area (Å²) in [5.74, 6) is -1.95. The van der Waals surface area contributed by atoms with Gasteiger partial charge in [-0.25, -0.2) is 9.59 Å². The molecule has 0 aliphatic heterocycles. The van der Waals surface area contributed by atoms with Gasteiger partial charge in [0.05, 0.1) is 25.5 Å². The molecule has 4 N–H and O–H groups in total. The zero-order valence-electron chi connectivity index (χ0n) is 14.9. The van der Waals surface area contributed by atoms with E-state index in [0.29, 0.717) is 16.3 Å².